The van der Waals surface area contributed by atoms with Crippen molar-refractivity contribution in [3.63, 3.8) is 0 Å². The predicted molar refractivity (Wildman–Crippen MR) is 96.2 cm³/mol. The highest BCUT2D eigenvalue weighted by Crippen LogP contribution is 2.20. The first-order chi connectivity index (χ1) is 11.0. The Bertz CT molecular complexity index is 874. The van der Waals surface area contributed by atoms with Crippen molar-refractivity contribution in [3.8, 4) is 11.1 Å². The molecular weight excluding hydrogens is 306 g/mol. The van der Waals surface area contributed by atoms with Crippen LogP contribution < -0.4 is 5.56 Å². The molecule has 0 saturated carbocycles. The van der Waals surface area contributed by atoms with Gasteiger partial charge in [0.05, 0.1) is 6.54 Å². The van der Waals surface area contributed by atoms with Crippen LogP contribution in [0, 0.1) is 13.8 Å². The zero-order valence-corrected chi connectivity index (χ0v) is 14.0. The molecule has 0 radical (unpaired) electrons. The maximum atomic E-state index is 12.2. The average molecular weight is 324 g/mol. The van der Waals surface area contributed by atoms with Crippen LogP contribution in [0.3, 0.4) is 0 Å². The highest BCUT2D eigenvalue weighted by Gasteiger charge is 2.04. The number of benzene rings is 2. The molecule has 0 spiro atoms. The van der Waals surface area contributed by atoms with Crippen LogP contribution in [0.5, 0.6) is 0 Å². The Morgan fingerprint density at radius 3 is 2.13 bits per heavy atom. The summed E-state index contributed by atoms with van der Waals surface area (Å²) in [5.74, 6) is 0. The number of rotatable bonds is 3. The zero-order chi connectivity index (χ0) is 16.4. The molecule has 0 aliphatic carbocycles. The van der Waals surface area contributed by atoms with Gasteiger partial charge in [0.1, 0.15) is 0 Å². The Labute approximate surface area is 141 Å². The van der Waals surface area contributed by atoms with Gasteiger partial charge in [-0.25, -0.2) is 0 Å². The van der Waals surface area contributed by atoms with E-state index in [1.807, 2.05) is 36.5 Å². The molecule has 3 aromatic rings. The van der Waals surface area contributed by atoms with Crippen molar-refractivity contribution in [2.24, 2.45) is 0 Å². The van der Waals surface area contributed by atoms with E-state index < -0.39 is 0 Å². The van der Waals surface area contributed by atoms with Gasteiger partial charge in [0.25, 0.3) is 5.56 Å². The van der Waals surface area contributed by atoms with E-state index in [4.69, 9.17) is 11.6 Å². The second-order valence-electron chi connectivity index (χ2n) is 5.89. The monoisotopic (exact) mass is 323 g/mol. The minimum absolute atomic E-state index is 0.00173. The summed E-state index contributed by atoms with van der Waals surface area (Å²) in [7, 11) is 0. The molecule has 23 heavy (non-hydrogen) atoms. The zero-order valence-electron chi connectivity index (χ0n) is 13.2. The summed E-state index contributed by atoms with van der Waals surface area (Å²) in [6.45, 7) is 4.72. The minimum atomic E-state index is 0.00173. The summed E-state index contributed by atoms with van der Waals surface area (Å²) >= 11 is 5.94. The molecule has 3 rings (SSSR count). The molecule has 0 N–H and O–H groups in total. The first-order valence-corrected chi connectivity index (χ1v) is 7.93. The largest absolute Gasteiger partial charge is 0.310 e. The van der Waals surface area contributed by atoms with E-state index >= 15 is 0 Å². The molecule has 0 unspecified atom stereocenters. The Hall–Kier alpha value is -2.32. The Morgan fingerprint density at radius 1 is 0.870 bits per heavy atom. The van der Waals surface area contributed by atoms with Crippen molar-refractivity contribution < 1.29 is 0 Å². The number of aryl methyl sites for hydroxylation is 2. The highest BCUT2D eigenvalue weighted by molar-refractivity contribution is 6.30. The summed E-state index contributed by atoms with van der Waals surface area (Å²) in [4.78, 5) is 12.2. The smallest absolute Gasteiger partial charge is 0.250 e. The molecule has 1 heterocycles. The molecular formula is C20H18ClNO. The van der Waals surface area contributed by atoms with E-state index in [-0.39, 0.29) is 5.56 Å². The van der Waals surface area contributed by atoms with Crippen LogP contribution in [0.15, 0.2) is 65.6 Å². The number of pyridine rings is 1. The van der Waals surface area contributed by atoms with Crippen molar-refractivity contribution in [3.05, 3.63) is 92.9 Å². The first-order valence-electron chi connectivity index (χ1n) is 7.55. The third-order valence-electron chi connectivity index (χ3n) is 3.80. The fraction of sp³-hybridized carbons (Fsp3) is 0.150. The summed E-state index contributed by atoms with van der Waals surface area (Å²) in [5, 5.41) is 0.706. The quantitative estimate of drug-likeness (QED) is 0.676. The Balaban J connectivity index is 1.97. The third kappa shape index (κ3) is 3.72. The van der Waals surface area contributed by atoms with E-state index in [0.29, 0.717) is 11.6 Å². The molecule has 3 heteroatoms. The second kappa shape index (κ2) is 6.43. The second-order valence-corrected chi connectivity index (χ2v) is 6.32. The van der Waals surface area contributed by atoms with Crippen molar-refractivity contribution in [1.82, 2.24) is 4.57 Å². The summed E-state index contributed by atoms with van der Waals surface area (Å²) < 4.78 is 1.75. The van der Waals surface area contributed by atoms with Gasteiger partial charge in [0, 0.05) is 17.3 Å². The van der Waals surface area contributed by atoms with Crippen molar-refractivity contribution in [2.75, 3.05) is 0 Å². The number of aromatic nitrogens is 1. The molecule has 0 atom stereocenters. The molecule has 0 aliphatic heterocycles. The molecule has 0 fully saturated rings. The van der Waals surface area contributed by atoms with Crippen LogP contribution >= 0.6 is 11.6 Å². The van der Waals surface area contributed by atoms with Gasteiger partial charge in [-0.2, -0.15) is 0 Å². The lowest BCUT2D eigenvalue weighted by molar-refractivity contribution is 0.759. The number of nitrogens with zero attached hydrogens (tertiary/aromatic N) is 1. The lowest BCUT2D eigenvalue weighted by atomic mass is 10.1. The highest BCUT2D eigenvalue weighted by atomic mass is 35.5. The van der Waals surface area contributed by atoms with E-state index in [9.17, 15) is 4.79 Å². The van der Waals surface area contributed by atoms with Gasteiger partial charge in [-0.3, -0.25) is 4.79 Å². The average Bonchev–Trinajstić information content (AvgIpc) is 2.49. The van der Waals surface area contributed by atoms with E-state index in [1.165, 1.54) is 11.1 Å². The molecule has 0 bridgehead atoms. The molecule has 0 aliphatic rings. The van der Waals surface area contributed by atoms with Crippen LogP contribution in [-0.4, -0.2) is 4.57 Å². The van der Waals surface area contributed by atoms with Gasteiger partial charge in [-0.15, -0.1) is 0 Å². The summed E-state index contributed by atoms with van der Waals surface area (Å²) in [5.41, 5.74) is 5.61. The molecule has 0 amide bonds. The van der Waals surface area contributed by atoms with Crippen molar-refractivity contribution in [1.29, 1.82) is 0 Å². The Kier molecular flexibility index (Phi) is 4.35. The van der Waals surface area contributed by atoms with E-state index in [1.54, 1.807) is 10.6 Å². The number of hydrogen-bond donors (Lipinski definition) is 0. The van der Waals surface area contributed by atoms with Gasteiger partial charge in [0.15, 0.2) is 0 Å². The normalized spacial score (nSPS) is 10.7. The van der Waals surface area contributed by atoms with Crippen LogP contribution in [0.25, 0.3) is 11.1 Å². The fourth-order valence-corrected chi connectivity index (χ4v) is 2.95. The molecule has 2 aromatic carbocycles. The first kappa shape index (κ1) is 15.6. The van der Waals surface area contributed by atoms with E-state index in [0.717, 1.165) is 16.7 Å². The lowest BCUT2D eigenvalue weighted by Gasteiger charge is -2.10. The maximum Gasteiger partial charge on any atom is 0.250 e. The fourth-order valence-electron chi connectivity index (χ4n) is 2.82. The lowest BCUT2D eigenvalue weighted by Crippen LogP contribution is -2.19. The standard InChI is InChI=1S/C20H18ClNO/c1-14-9-15(2)11-16(10-14)12-22-13-18(5-8-20(22)23)17-3-6-19(21)7-4-17/h3-11,13H,12H2,1-2H3. The van der Waals surface area contributed by atoms with Crippen molar-refractivity contribution >= 4 is 11.6 Å². The Morgan fingerprint density at radius 2 is 1.48 bits per heavy atom. The topological polar surface area (TPSA) is 22.0 Å². The van der Waals surface area contributed by atoms with Gasteiger partial charge in [-0.05, 0) is 48.7 Å². The van der Waals surface area contributed by atoms with Gasteiger partial charge in [-0.1, -0.05) is 53.1 Å². The number of hydrogen-bond acceptors (Lipinski definition) is 1. The maximum absolute atomic E-state index is 12.2. The third-order valence-corrected chi connectivity index (χ3v) is 4.05. The minimum Gasteiger partial charge on any atom is -0.310 e. The predicted octanol–water partition coefficient (Wildman–Crippen LogP) is 4.83. The van der Waals surface area contributed by atoms with Crippen LogP contribution in [0.4, 0.5) is 0 Å². The van der Waals surface area contributed by atoms with Gasteiger partial charge >= 0.3 is 0 Å². The molecule has 116 valence electrons. The van der Waals surface area contributed by atoms with Crippen LogP contribution in [-0.2, 0) is 6.54 Å². The van der Waals surface area contributed by atoms with Gasteiger partial charge in [0.2, 0.25) is 0 Å². The molecule has 2 nitrogen and oxygen atoms in total. The van der Waals surface area contributed by atoms with Crippen LogP contribution in [0.1, 0.15) is 16.7 Å². The summed E-state index contributed by atoms with van der Waals surface area (Å²) in [6.07, 6.45) is 1.91. The molecule has 0 saturated heterocycles. The molecule has 1 aromatic heterocycles. The summed E-state index contributed by atoms with van der Waals surface area (Å²) in [6, 6.07) is 17.5. The van der Waals surface area contributed by atoms with Gasteiger partial charge < -0.3 is 4.57 Å². The van der Waals surface area contributed by atoms with E-state index in [2.05, 4.69) is 32.0 Å². The van der Waals surface area contributed by atoms with Crippen molar-refractivity contribution in [2.45, 2.75) is 20.4 Å². The number of halogens is 1. The van der Waals surface area contributed by atoms with Crippen LogP contribution in [0.2, 0.25) is 5.02 Å². The SMILES string of the molecule is Cc1cc(C)cc(Cn2cc(-c3ccc(Cl)cc3)ccc2=O)c1.